The van der Waals surface area contributed by atoms with Crippen molar-refractivity contribution in [3.63, 3.8) is 0 Å². The smallest absolute Gasteiger partial charge is 0.224 e. The third-order valence-electron chi connectivity index (χ3n) is 3.67. The molecule has 0 heterocycles. The number of rotatable bonds is 6. The predicted molar refractivity (Wildman–Crippen MR) is 62.5 cm³/mol. The van der Waals surface area contributed by atoms with Crippen molar-refractivity contribution in [2.75, 3.05) is 6.54 Å². The van der Waals surface area contributed by atoms with Crippen molar-refractivity contribution in [1.29, 1.82) is 0 Å². The molecule has 0 aromatic carbocycles. The quantitative estimate of drug-likeness (QED) is 0.705. The monoisotopic (exact) mass is 212 g/mol. The van der Waals surface area contributed by atoms with E-state index < -0.39 is 0 Å². The van der Waals surface area contributed by atoms with Crippen LogP contribution in [-0.4, -0.2) is 18.0 Å². The maximum Gasteiger partial charge on any atom is 0.224 e. The highest BCUT2D eigenvalue weighted by molar-refractivity contribution is 5.79. The molecule has 0 aromatic rings. The first-order valence-electron chi connectivity index (χ1n) is 6.19. The van der Waals surface area contributed by atoms with E-state index in [1.807, 2.05) is 0 Å². The summed E-state index contributed by atoms with van der Waals surface area (Å²) in [4.78, 5) is 11.9. The molecule has 0 aromatic heterocycles. The Labute approximate surface area is 92.8 Å². The highest BCUT2D eigenvalue weighted by Gasteiger charge is 2.37. The Morgan fingerprint density at radius 3 is 2.47 bits per heavy atom. The molecule has 0 saturated heterocycles. The molecule has 3 heteroatoms. The zero-order valence-corrected chi connectivity index (χ0v) is 10.0. The van der Waals surface area contributed by atoms with Crippen LogP contribution in [0.1, 0.15) is 52.4 Å². The molecular weight excluding hydrogens is 188 g/mol. The summed E-state index contributed by atoms with van der Waals surface area (Å²) in [6.07, 6.45) is 6.49. The maximum atomic E-state index is 11.9. The highest BCUT2D eigenvalue weighted by Crippen LogP contribution is 2.34. The van der Waals surface area contributed by atoms with Crippen molar-refractivity contribution in [2.45, 2.75) is 57.9 Å². The molecule has 1 unspecified atom stereocenters. The lowest BCUT2D eigenvalue weighted by Crippen LogP contribution is -2.55. The van der Waals surface area contributed by atoms with E-state index in [2.05, 4.69) is 19.2 Å². The lowest BCUT2D eigenvalue weighted by molar-refractivity contribution is -0.128. The maximum absolute atomic E-state index is 11.9. The fourth-order valence-corrected chi connectivity index (χ4v) is 2.24. The molecule has 1 saturated carbocycles. The van der Waals surface area contributed by atoms with Gasteiger partial charge in [-0.3, -0.25) is 4.79 Å². The molecule has 15 heavy (non-hydrogen) atoms. The van der Waals surface area contributed by atoms with E-state index in [9.17, 15) is 4.79 Å². The lowest BCUT2D eigenvalue weighted by atomic mass is 9.74. The minimum atomic E-state index is 0.0130. The van der Waals surface area contributed by atoms with Crippen LogP contribution in [0.3, 0.4) is 0 Å². The average molecular weight is 212 g/mol. The van der Waals surface area contributed by atoms with Crippen molar-refractivity contribution in [3.05, 3.63) is 0 Å². The van der Waals surface area contributed by atoms with E-state index in [0.29, 0.717) is 6.54 Å². The third-order valence-corrected chi connectivity index (χ3v) is 3.67. The predicted octanol–water partition coefficient (Wildman–Crippen LogP) is 1.81. The average Bonchev–Trinajstić information content (AvgIpc) is 2.19. The van der Waals surface area contributed by atoms with Crippen LogP contribution in [0.25, 0.3) is 0 Å². The molecular formula is C12H24N2O. The van der Waals surface area contributed by atoms with Gasteiger partial charge in [-0.25, -0.2) is 0 Å². The Morgan fingerprint density at radius 2 is 2.13 bits per heavy atom. The van der Waals surface area contributed by atoms with Crippen LogP contribution >= 0.6 is 0 Å². The first kappa shape index (κ1) is 12.5. The number of nitrogens with two attached hydrogens (primary N) is 1. The second-order valence-electron chi connectivity index (χ2n) is 4.70. The van der Waals surface area contributed by atoms with Crippen LogP contribution in [0.4, 0.5) is 0 Å². The van der Waals surface area contributed by atoms with Gasteiger partial charge >= 0.3 is 0 Å². The number of carbonyl (C=O) groups excluding carboxylic acids is 1. The van der Waals surface area contributed by atoms with E-state index in [4.69, 9.17) is 5.73 Å². The fourth-order valence-electron chi connectivity index (χ4n) is 2.24. The Kier molecular flexibility index (Phi) is 4.58. The highest BCUT2D eigenvalue weighted by atomic mass is 16.2. The van der Waals surface area contributed by atoms with Crippen molar-refractivity contribution in [1.82, 2.24) is 5.32 Å². The van der Waals surface area contributed by atoms with E-state index in [0.717, 1.165) is 32.1 Å². The second-order valence-corrected chi connectivity index (χ2v) is 4.70. The van der Waals surface area contributed by atoms with Gasteiger partial charge in [-0.2, -0.15) is 0 Å². The SMILES string of the molecule is CCCC(CN)C(=O)NC1(CC)CCC1. The lowest BCUT2D eigenvalue weighted by Gasteiger charge is -2.42. The first-order valence-corrected chi connectivity index (χ1v) is 6.19. The van der Waals surface area contributed by atoms with Gasteiger partial charge in [-0.1, -0.05) is 20.3 Å². The second kappa shape index (κ2) is 5.50. The normalized spacial score (nSPS) is 20.5. The van der Waals surface area contributed by atoms with E-state index in [1.54, 1.807) is 0 Å². The molecule has 1 rings (SSSR count). The Morgan fingerprint density at radius 1 is 1.47 bits per heavy atom. The van der Waals surface area contributed by atoms with Crippen LogP contribution < -0.4 is 11.1 Å². The third kappa shape index (κ3) is 2.94. The van der Waals surface area contributed by atoms with Gasteiger partial charge in [0.25, 0.3) is 0 Å². The number of hydrogen-bond donors (Lipinski definition) is 2. The van der Waals surface area contributed by atoms with Crippen LogP contribution in [0, 0.1) is 5.92 Å². The molecule has 0 spiro atoms. The molecule has 88 valence electrons. The van der Waals surface area contributed by atoms with Gasteiger partial charge < -0.3 is 11.1 Å². The minimum absolute atomic E-state index is 0.0130. The van der Waals surface area contributed by atoms with Crippen molar-refractivity contribution < 1.29 is 4.79 Å². The van der Waals surface area contributed by atoms with Crippen LogP contribution in [0.5, 0.6) is 0 Å². The molecule has 3 nitrogen and oxygen atoms in total. The molecule has 3 N–H and O–H groups in total. The van der Waals surface area contributed by atoms with E-state index in [1.165, 1.54) is 6.42 Å². The molecule has 0 aliphatic heterocycles. The van der Waals surface area contributed by atoms with Gasteiger partial charge in [0.05, 0.1) is 5.92 Å². The zero-order valence-electron chi connectivity index (χ0n) is 10.0. The Hall–Kier alpha value is -0.570. The first-order chi connectivity index (χ1) is 7.17. The largest absolute Gasteiger partial charge is 0.350 e. The molecule has 1 fully saturated rings. The summed E-state index contributed by atoms with van der Waals surface area (Å²) >= 11 is 0. The van der Waals surface area contributed by atoms with Gasteiger partial charge in [0, 0.05) is 12.1 Å². The van der Waals surface area contributed by atoms with E-state index in [-0.39, 0.29) is 17.4 Å². The van der Waals surface area contributed by atoms with Crippen molar-refractivity contribution >= 4 is 5.91 Å². The number of nitrogens with one attached hydrogen (secondary N) is 1. The van der Waals surface area contributed by atoms with E-state index >= 15 is 0 Å². The van der Waals surface area contributed by atoms with Gasteiger partial charge in [-0.15, -0.1) is 0 Å². The Balaban J connectivity index is 2.45. The van der Waals surface area contributed by atoms with Crippen LogP contribution in [0.2, 0.25) is 0 Å². The summed E-state index contributed by atoms with van der Waals surface area (Å²) in [5.41, 5.74) is 5.73. The molecule has 1 amide bonds. The van der Waals surface area contributed by atoms with Gasteiger partial charge in [0.2, 0.25) is 5.91 Å². The van der Waals surface area contributed by atoms with Crippen molar-refractivity contribution in [3.8, 4) is 0 Å². The fraction of sp³-hybridized carbons (Fsp3) is 0.917. The summed E-state index contributed by atoms with van der Waals surface area (Å²) in [5.74, 6) is 0.180. The molecule has 0 radical (unpaired) electrons. The summed E-state index contributed by atoms with van der Waals surface area (Å²) in [5, 5.41) is 3.20. The number of carbonyl (C=O) groups is 1. The summed E-state index contributed by atoms with van der Waals surface area (Å²) in [6, 6.07) is 0. The van der Waals surface area contributed by atoms with Crippen LogP contribution in [-0.2, 0) is 4.79 Å². The van der Waals surface area contributed by atoms with Gasteiger partial charge in [0.15, 0.2) is 0 Å². The van der Waals surface area contributed by atoms with Gasteiger partial charge in [0.1, 0.15) is 0 Å². The standard InChI is InChI=1S/C12H24N2O/c1-3-6-10(9-13)11(15)14-12(4-2)7-5-8-12/h10H,3-9,13H2,1-2H3,(H,14,15). The molecule has 1 aliphatic carbocycles. The number of hydrogen-bond acceptors (Lipinski definition) is 2. The molecule has 1 atom stereocenters. The van der Waals surface area contributed by atoms with Crippen LogP contribution in [0.15, 0.2) is 0 Å². The number of amides is 1. The molecule has 1 aliphatic rings. The summed E-state index contributed by atoms with van der Waals surface area (Å²) in [7, 11) is 0. The Bertz CT molecular complexity index is 206. The summed E-state index contributed by atoms with van der Waals surface area (Å²) < 4.78 is 0. The zero-order chi connectivity index (χ0) is 11.3. The topological polar surface area (TPSA) is 55.1 Å². The van der Waals surface area contributed by atoms with Crippen molar-refractivity contribution in [2.24, 2.45) is 11.7 Å². The molecule has 0 bridgehead atoms. The summed E-state index contributed by atoms with van der Waals surface area (Å²) in [6.45, 7) is 4.71. The van der Waals surface area contributed by atoms with Gasteiger partial charge in [-0.05, 0) is 32.1 Å². The minimum Gasteiger partial charge on any atom is -0.350 e.